The van der Waals surface area contributed by atoms with Crippen LogP contribution in [0.2, 0.25) is 0 Å². The largest absolute Gasteiger partial charge is 0.455 e. The lowest BCUT2D eigenvalue weighted by Crippen LogP contribution is -2.30. The molecule has 7 heteroatoms. The van der Waals surface area contributed by atoms with Gasteiger partial charge in [0.05, 0.1) is 18.2 Å². The van der Waals surface area contributed by atoms with Gasteiger partial charge in [0.1, 0.15) is 17.2 Å². The molecular formula is C32H29FN2O4. The van der Waals surface area contributed by atoms with Gasteiger partial charge >= 0.3 is 0 Å². The average molecular weight is 525 g/mol. The highest BCUT2D eigenvalue weighted by Gasteiger charge is 2.22. The van der Waals surface area contributed by atoms with Crippen molar-refractivity contribution >= 4 is 22.8 Å². The smallest absolute Gasteiger partial charge is 0.255 e. The van der Waals surface area contributed by atoms with Gasteiger partial charge in [0.25, 0.3) is 11.8 Å². The molecule has 0 bridgehead atoms. The minimum atomic E-state index is -0.533. The normalized spacial score (nSPS) is 11.5. The molecule has 0 fully saturated rings. The number of aliphatic hydroxyl groups is 1. The molecule has 5 aromatic rings. The van der Waals surface area contributed by atoms with Crippen molar-refractivity contribution in [3.05, 3.63) is 120 Å². The summed E-state index contributed by atoms with van der Waals surface area (Å²) in [5.41, 5.74) is 4.23. The zero-order valence-electron chi connectivity index (χ0n) is 20.6. The van der Waals surface area contributed by atoms with Crippen molar-refractivity contribution in [2.75, 3.05) is 13.7 Å². The fourth-order valence-corrected chi connectivity index (χ4v) is 4.43. The first-order valence-corrected chi connectivity index (χ1v) is 12.1. The van der Waals surface area contributed by atoms with E-state index in [0.29, 0.717) is 33.4 Å². The van der Waals surface area contributed by atoms with Crippen LogP contribution >= 0.6 is 0 Å². The highest BCUT2D eigenvalue weighted by molar-refractivity contribution is 6.11. The molecule has 1 atom stereocenters. The van der Waals surface area contributed by atoms with Gasteiger partial charge in [-0.2, -0.15) is 0 Å². The van der Waals surface area contributed by atoms with E-state index < -0.39 is 6.04 Å². The molecule has 0 saturated carbocycles. The molecule has 0 spiro atoms. The highest BCUT2D eigenvalue weighted by atomic mass is 19.1. The number of aliphatic hydroxyl groups excluding tert-OH is 1. The molecule has 0 aliphatic rings. The molecule has 198 valence electrons. The van der Waals surface area contributed by atoms with Gasteiger partial charge in [-0.1, -0.05) is 56.0 Å². The van der Waals surface area contributed by atoms with Crippen molar-refractivity contribution in [2.45, 2.75) is 13.5 Å². The maximum Gasteiger partial charge on any atom is 0.255 e. The lowest BCUT2D eigenvalue weighted by molar-refractivity contribution is 0.0915. The van der Waals surface area contributed by atoms with Crippen LogP contribution in [0.3, 0.4) is 0 Å². The minimum absolute atomic E-state index is 0. The summed E-state index contributed by atoms with van der Waals surface area (Å²) in [6.07, 6.45) is 0. The van der Waals surface area contributed by atoms with E-state index >= 15 is 0 Å². The van der Waals surface area contributed by atoms with E-state index in [2.05, 4.69) is 10.6 Å². The molecule has 0 radical (unpaired) electrons. The zero-order chi connectivity index (χ0) is 26.6. The van der Waals surface area contributed by atoms with Crippen LogP contribution in [0.5, 0.6) is 0 Å². The summed E-state index contributed by atoms with van der Waals surface area (Å²) in [5, 5.41) is 16.0. The number of hydrogen-bond donors (Lipinski definition) is 3. The van der Waals surface area contributed by atoms with Gasteiger partial charge in [0.2, 0.25) is 0 Å². The summed E-state index contributed by atoms with van der Waals surface area (Å²) in [5.74, 6) is -0.680. The maximum atomic E-state index is 13.5. The van der Waals surface area contributed by atoms with Crippen molar-refractivity contribution in [3.8, 4) is 22.5 Å². The van der Waals surface area contributed by atoms with Gasteiger partial charge in [-0.25, -0.2) is 4.39 Å². The first kappa shape index (κ1) is 27.3. The number of halogens is 1. The number of rotatable bonds is 7. The SMILES string of the molecule is C.CNC(=O)c1c(-c2ccc(F)cc2)oc2ccc(-c3cccc(C(=O)N[C@@H](CO)c4ccccc4)c3)cc12. The maximum absolute atomic E-state index is 13.5. The van der Waals surface area contributed by atoms with Crippen molar-refractivity contribution in [1.29, 1.82) is 0 Å². The highest BCUT2D eigenvalue weighted by Crippen LogP contribution is 2.36. The summed E-state index contributed by atoms with van der Waals surface area (Å²) in [7, 11) is 1.54. The number of hydrogen-bond acceptors (Lipinski definition) is 4. The second-order valence-electron chi connectivity index (χ2n) is 8.80. The van der Waals surface area contributed by atoms with Crippen LogP contribution in [-0.2, 0) is 0 Å². The van der Waals surface area contributed by atoms with Crippen LogP contribution < -0.4 is 10.6 Å². The molecule has 0 aliphatic heterocycles. The van der Waals surface area contributed by atoms with Crippen molar-refractivity contribution in [3.63, 3.8) is 0 Å². The molecule has 3 N–H and O–H groups in total. The number of carbonyl (C=O) groups is 2. The Kier molecular flexibility index (Phi) is 8.22. The van der Waals surface area contributed by atoms with Gasteiger partial charge in [-0.15, -0.1) is 0 Å². The first-order chi connectivity index (χ1) is 18.5. The third kappa shape index (κ3) is 5.58. The molecule has 2 amide bonds. The minimum Gasteiger partial charge on any atom is -0.455 e. The summed E-state index contributed by atoms with van der Waals surface area (Å²) in [4.78, 5) is 25.9. The predicted octanol–water partition coefficient (Wildman–Crippen LogP) is 6.37. The van der Waals surface area contributed by atoms with E-state index in [1.807, 2.05) is 48.5 Å². The van der Waals surface area contributed by atoms with Crippen LogP contribution in [0, 0.1) is 5.82 Å². The Morgan fingerprint density at radius 2 is 1.54 bits per heavy atom. The molecule has 1 aromatic heterocycles. The summed E-state index contributed by atoms with van der Waals surface area (Å²) in [6, 6.07) is 27.1. The lowest BCUT2D eigenvalue weighted by atomic mass is 9.98. The van der Waals surface area contributed by atoms with Crippen LogP contribution in [0.25, 0.3) is 33.4 Å². The van der Waals surface area contributed by atoms with Crippen LogP contribution in [0.15, 0.2) is 101 Å². The first-order valence-electron chi connectivity index (χ1n) is 12.1. The fourth-order valence-electron chi connectivity index (χ4n) is 4.43. The number of carbonyl (C=O) groups excluding carboxylic acids is 2. The van der Waals surface area contributed by atoms with Gasteiger partial charge in [0, 0.05) is 23.6 Å². The van der Waals surface area contributed by atoms with Crippen molar-refractivity contribution in [1.82, 2.24) is 10.6 Å². The van der Waals surface area contributed by atoms with Gasteiger partial charge in [0.15, 0.2) is 0 Å². The van der Waals surface area contributed by atoms with E-state index in [9.17, 15) is 19.1 Å². The van der Waals surface area contributed by atoms with E-state index in [0.717, 1.165) is 16.7 Å². The standard InChI is InChI=1S/C31H25FN2O4.CH4/c1-33-31(37)28-25-17-22(12-15-27(25)38-29(28)20-10-13-24(32)14-11-20)21-8-5-9-23(16-21)30(36)34-26(18-35)19-6-3-2-4-7-19;/h2-17,26,35H,18H2,1H3,(H,33,37)(H,34,36);1H4/t26-;/m0./s1. The number of benzene rings is 4. The van der Waals surface area contributed by atoms with Gasteiger partial charge in [-0.05, 0) is 65.2 Å². The van der Waals surface area contributed by atoms with Crippen LogP contribution in [0.1, 0.15) is 39.7 Å². The molecular weight excluding hydrogens is 495 g/mol. The predicted molar refractivity (Wildman–Crippen MR) is 151 cm³/mol. The topological polar surface area (TPSA) is 91.6 Å². The molecule has 1 heterocycles. The lowest BCUT2D eigenvalue weighted by Gasteiger charge is -2.17. The number of amides is 2. The van der Waals surface area contributed by atoms with E-state index in [1.165, 1.54) is 19.2 Å². The Hall–Kier alpha value is -4.75. The van der Waals surface area contributed by atoms with Gasteiger partial charge < -0.3 is 20.2 Å². The van der Waals surface area contributed by atoms with E-state index in [-0.39, 0.29) is 31.7 Å². The Bertz CT molecular complexity index is 1610. The van der Waals surface area contributed by atoms with Crippen LogP contribution in [-0.4, -0.2) is 30.6 Å². The monoisotopic (exact) mass is 524 g/mol. The number of nitrogens with one attached hydrogen (secondary N) is 2. The van der Waals surface area contributed by atoms with Crippen molar-refractivity contribution < 1.29 is 23.5 Å². The number of furan rings is 1. The third-order valence-corrected chi connectivity index (χ3v) is 6.40. The summed E-state index contributed by atoms with van der Waals surface area (Å²) < 4.78 is 19.5. The molecule has 0 aliphatic carbocycles. The Morgan fingerprint density at radius 1 is 0.846 bits per heavy atom. The fraction of sp³-hybridized carbons (Fsp3) is 0.125. The second-order valence-corrected chi connectivity index (χ2v) is 8.80. The van der Waals surface area contributed by atoms with Crippen LogP contribution in [0.4, 0.5) is 4.39 Å². The van der Waals surface area contributed by atoms with E-state index in [1.54, 1.807) is 36.4 Å². The molecule has 6 nitrogen and oxygen atoms in total. The Morgan fingerprint density at radius 3 is 2.23 bits per heavy atom. The third-order valence-electron chi connectivity index (χ3n) is 6.40. The second kappa shape index (κ2) is 11.8. The van der Waals surface area contributed by atoms with E-state index in [4.69, 9.17) is 4.42 Å². The molecule has 39 heavy (non-hydrogen) atoms. The quantitative estimate of drug-likeness (QED) is 0.231. The number of fused-ring (bicyclic) bond motifs is 1. The summed E-state index contributed by atoms with van der Waals surface area (Å²) in [6.45, 7) is -0.231. The Balaban J connectivity index is 0.00000353. The van der Waals surface area contributed by atoms with Crippen molar-refractivity contribution in [2.24, 2.45) is 0 Å². The molecule has 0 unspecified atom stereocenters. The Labute approximate surface area is 226 Å². The molecule has 5 rings (SSSR count). The summed E-state index contributed by atoms with van der Waals surface area (Å²) >= 11 is 0. The van der Waals surface area contributed by atoms with Gasteiger partial charge in [-0.3, -0.25) is 9.59 Å². The average Bonchev–Trinajstić information content (AvgIpc) is 3.35. The zero-order valence-corrected chi connectivity index (χ0v) is 20.6. The molecule has 0 saturated heterocycles. The molecule has 4 aromatic carbocycles.